The number of rotatable bonds is 2. The fourth-order valence-electron chi connectivity index (χ4n) is 2.02. The lowest BCUT2D eigenvalue weighted by molar-refractivity contribution is 0.432. The second-order valence-corrected chi connectivity index (χ2v) is 4.57. The summed E-state index contributed by atoms with van der Waals surface area (Å²) in [7, 11) is 0. The van der Waals surface area contributed by atoms with Crippen molar-refractivity contribution in [3.63, 3.8) is 0 Å². The third kappa shape index (κ3) is 2.51. The number of hydrogen-bond acceptors (Lipinski definition) is 4. The largest absolute Gasteiger partial charge is 0.334 e. The molecule has 0 amide bonds. The van der Waals surface area contributed by atoms with Gasteiger partial charge in [-0.2, -0.15) is 10.2 Å². The van der Waals surface area contributed by atoms with E-state index in [1.807, 2.05) is 6.92 Å². The molecule has 5 heteroatoms. The van der Waals surface area contributed by atoms with Gasteiger partial charge in [-0.05, 0) is 55.0 Å². The van der Waals surface area contributed by atoms with Crippen LogP contribution in [0.1, 0.15) is 11.1 Å². The van der Waals surface area contributed by atoms with E-state index in [1.54, 1.807) is 30.3 Å². The maximum atomic E-state index is 12.9. The van der Waals surface area contributed by atoms with Crippen LogP contribution >= 0.6 is 0 Å². The number of nitriles is 1. The zero-order valence-corrected chi connectivity index (χ0v) is 11.2. The van der Waals surface area contributed by atoms with Crippen molar-refractivity contribution in [3.8, 4) is 28.9 Å². The third-order valence-electron chi connectivity index (χ3n) is 3.11. The zero-order valence-electron chi connectivity index (χ0n) is 11.2. The molecule has 0 fully saturated rings. The summed E-state index contributed by atoms with van der Waals surface area (Å²) in [4.78, 5) is 4.31. The molecule has 0 radical (unpaired) electrons. The van der Waals surface area contributed by atoms with Crippen molar-refractivity contribution >= 4 is 0 Å². The van der Waals surface area contributed by atoms with Crippen LogP contribution in [0.5, 0.6) is 0 Å². The Morgan fingerprint density at radius 1 is 1.14 bits per heavy atom. The quantitative estimate of drug-likeness (QED) is 0.717. The second kappa shape index (κ2) is 5.17. The monoisotopic (exact) mass is 279 g/mol. The summed E-state index contributed by atoms with van der Waals surface area (Å²) in [6, 6.07) is 13.2. The molecule has 102 valence electrons. The van der Waals surface area contributed by atoms with Crippen LogP contribution in [-0.2, 0) is 0 Å². The van der Waals surface area contributed by atoms with Gasteiger partial charge in [0.05, 0.1) is 11.6 Å². The van der Waals surface area contributed by atoms with E-state index >= 15 is 0 Å². The maximum absolute atomic E-state index is 12.9. The molecule has 21 heavy (non-hydrogen) atoms. The zero-order chi connectivity index (χ0) is 14.8. The summed E-state index contributed by atoms with van der Waals surface area (Å²) in [5.74, 6) is 0.454. The molecule has 0 bridgehead atoms. The van der Waals surface area contributed by atoms with Crippen molar-refractivity contribution in [3.05, 3.63) is 59.4 Å². The molecular formula is C16H10FN3O. The highest BCUT2D eigenvalue weighted by Crippen LogP contribution is 2.25. The van der Waals surface area contributed by atoms with Gasteiger partial charge in [0.1, 0.15) is 5.82 Å². The summed E-state index contributed by atoms with van der Waals surface area (Å²) < 4.78 is 18.2. The first-order valence-corrected chi connectivity index (χ1v) is 6.28. The first kappa shape index (κ1) is 13.0. The van der Waals surface area contributed by atoms with Crippen molar-refractivity contribution in [1.29, 1.82) is 5.26 Å². The van der Waals surface area contributed by atoms with Gasteiger partial charge in [-0.25, -0.2) is 4.39 Å². The van der Waals surface area contributed by atoms with Crippen LogP contribution in [0.4, 0.5) is 4.39 Å². The predicted octanol–water partition coefficient (Wildman–Crippen LogP) is 3.72. The van der Waals surface area contributed by atoms with Gasteiger partial charge < -0.3 is 4.52 Å². The van der Waals surface area contributed by atoms with Crippen LogP contribution in [-0.4, -0.2) is 10.1 Å². The topological polar surface area (TPSA) is 62.7 Å². The van der Waals surface area contributed by atoms with Crippen molar-refractivity contribution in [2.45, 2.75) is 6.92 Å². The van der Waals surface area contributed by atoms with Crippen LogP contribution in [0.2, 0.25) is 0 Å². The van der Waals surface area contributed by atoms with Gasteiger partial charge in [0.2, 0.25) is 5.82 Å². The Bertz CT molecular complexity index is 831. The highest BCUT2D eigenvalue weighted by Gasteiger charge is 2.13. The normalized spacial score (nSPS) is 10.3. The van der Waals surface area contributed by atoms with Crippen LogP contribution in [0, 0.1) is 24.1 Å². The Hall–Kier alpha value is -3.00. The Balaban J connectivity index is 1.99. The molecule has 3 aromatic rings. The molecule has 0 unspecified atom stereocenters. The van der Waals surface area contributed by atoms with E-state index in [0.717, 1.165) is 11.1 Å². The molecule has 0 aliphatic rings. The highest BCUT2D eigenvalue weighted by molar-refractivity contribution is 5.63. The van der Waals surface area contributed by atoms with Crippen molar-refractivity contribution in [2.75, 3.05) is 0 Å². The average Bonchev–Trinajstić information content (AvgIpc) is 2.97. The van der Waals surface area contributed by atoms with Crippen LogP contribution in [0.15, 0.2) is 47.0 Å². The number of halogens is 1. The second-order valence-electron chi connectivity index (χ2n) is 4.57. The fourth-order valence-corrected chi connectivity index (χ4v) is 2.02. The van der Waals surface area contributed by atoms with E-state index in [2.05, 4.69) is 16.2 Å². The average molecular weight is 279 g/mol. The number of aryl methyl sites for hydroxylation is 1. The minimum Gasteiger partial charge on any atom is -0.334 e. The molecule has 0 saturated heterocycles. The molecule has 1 heterocycles. The van der Waals surface area contributed by atoms with E-state index < -0.39 is 0 Å². The Labute approximate surface area is 120 Å². The Morgan fingerprint density at radius 2 is 1.90 bits per heavy atom. The number of aromatic nitrogens is 2. The van der Waals surface area contributed by atoms with Gasteiger partial charge in [0.25, 0.3) is 5.89 Å². The molecule has 0 saturated carbocycles. The molecule has 0 aliphatic heterocycles. The summed E-state index contributed by atoms with van der Waals surface area (Å²) in [6.45, 7) is 1.87. The molecule has 0 spiro atoms. The smallest absolute Gasteiger partial charge is 0.258 e. The van der Waals surface area contributed by atoms with Gasteiger partial charge in [-0.1, -0.05) is 5.16 Å². The third-order valence-corrected chi connectivity index (χ3v) is 3.11. The molecule has 0 atom stereocenters. The van der Waals surface area contributed by atoms with E-state index in [9.17, 15) is 4.39 Å². The molecule has 1 aromatic heterocycles. The standard InChI is InChI=1S/C16H10FN3O/c1-10-8-11(9-18)2-7-14(10)16-19-15(20-21-16)12-3-5-13(17)6-4-12/h2-8H,1H3. The predicted molar refractivity (Wildman–Crippen MR) is 74.6 cm³/mol. The summed E-state index contributed by atoms with van der Waals surface area (Å²) in [5, 5.41) is 12.8. The number of benzene rings is 2. The lowest BCUT2D eigenvalue weighted by Gasteiger charge is -2.00. The van der Waals surface area contributed by atoms with Crippen LogP contribution in [0.3, 0.4) is 0 Å². The first-order chi connectivity index (χ1) is 10.2. The van der Waals surface area contributed by atoms with E-state index in [1.165, 1.54) is 12.1 Å². The Morgan fingerprint density at radius 3 is 2.57 bits per heavy atom. The summed E-state index contributed by atoms with van der Waals surface area (Å²) >= 11 is 0. The van der Waals surface area contributed by atoms with Gasteiger partial charge in [-0.3, -0.25) is 0 Å². The van der Waals surface area contributed by atoms with Crippen molar-refractivity contribution in [1.82, 2.24) is 10.1 Å². The molecular weight excluding hydrogens is 269 g/mol. The molecule has 0 aliphatic carbocycles. The lowest BCUT2D eigenvalue weighted by atomic mass is 10.1. The van der Waals surface area contributed by atoms with Crippen LogP contribution in [0.25, 0.3) is 22.8 Å². The van der Waals surface area contributed by atoms with Gasteiger partial charge in [0, 0.05) is 11.1 Å². The summed E-state index contributed by atoms with van der Waals surface area (Å²) in [6.07, 6.45) is 0. The highest BCUT2D eigenvalue weighted by atomic mass is 19.1. The number of hydrogen-bond donors (Lipinski definition) is 0. The first-order valence-electron chi connectivity index (χ1n) is 6.28. The lowest BCUT2D eigenvalue weighted by Crippen LogP contribution is -1.86. The fraction of sp³-hybridized carbons (Fsp3) is 0.0625. The van der Waals surface area contributed by atoms with Gasteiger partial charge >= 0.3 is 0 Å². The minimum atomic E-state index is -0.314. The van der Waals surface area contributed by atoms with E-state index in [4.69, 9.17) is 9.78 Å². The van der Waals surface area contributed by atoms with Crippen LogP contribution < -0.4 is 0 Å². The van der Waals surface area contributed by atoms with Crippen molar-refractivity contribution in [2.24, 2.45) is 0 Å². The van der Waals surface area contributed by atoms with Gasteiger partial charge in [0.15, 0.2) is 0 Å². The van der Waals surface area contributed by atoms with Gasteiger partial charge in [-0.15, -0.1) is 0 Å². The molecule has 3 rings (SSSR count). The molecule has 2 aromatic carbocycles. The summed E-state index contributed by atoms with van der Waals surface area (Å²) in [5.41, 5.74) is 2.91. The molecule has 0 N–H and O–H groups in total. The maximum Gasteiger partial charge on any atom is 0.258 e. The van der Waals surface area contributed by atoms with E-state index in [0.29, 0.717) is 22.8 Å². The Kier molecular flexibility index (Phi) is 3.20. The molecule has 4 nitrogen and oxygen atoms in total. The number of nitrogens with zero attached hydrogens (tertiary/aromatic N) is 3. The van der Waals surface area contributed by atoms with Crippen molar-refractivity contribution < 1.29 is 8.91 Å². The minimum absolute atomic E-state index is 0.314. The van der Waals surface area contributed by atoms with E-state index in [-0.39, 0.29) is 5.82 Å². The SMILES string of the molecule is Cc1cc(C#N)ccc1-c1nc(-c2ccc(F)cc2)no1.